The summed E-state index contributed by atoms with van der Waals surface area (Å²) >= 11 is 2.62. The Labute approximate surface area is 97.8 Å². The van der Waals surface area contributed by atoms with E-state index in [4.69, 9.17) is 0 Å². The summed E-state index contributed by atoms with van der Waals surface area (Å²) in [6, 6.07) is 5.87. The van der Waals surface area contributed by atoms with Gasteiger partial charge in [-0.25, -0.2) is 0 Å². The fourth-order valence-electron chi connectivity index (χ4n) is 0.936. The Hall–Kier alpha value is -1.05. The van der Waals surface area contributed by atoms with Crippen LogP contribution in [-0.2, 0) is 0 Å². The van der Waals surface area contributed by atoms with Crippen LogP contribution in [0.1, 0.15) is 0 Å². The van der Waals surface area contributed by atoms with Gasteiger partial charge in [0.15, 0.2) is 0 Å². The highest BCUT2D eigenvalue weighted by Gasteiger charge is 2.72. The molecule has 0 aromatic heterocycles. The Morgan fingerprint density at radius 3 is 1.59 bits per heavy atom. The van der Waals surface area contributed by atoms with Crippen LogP contribution in [-0.4, -0.2) is 17.3 Å². The summed E-state index contributed by atoms with van der Waals surface area (Å²) < 4.78 is 78.1. The zero-order valence-corrected chi connectivity index (χ0v) is 8.90. The first kappa shape index (κ1) is 14.0. The number of alkyl halides is 6. The smallest absolute Gasteiger partial charge is 0.447 e. The van der Waals surface area contributed by atoms with Gasteiger partial charge in [-0.2, -0.15) is 26.3 Å². The Bertz CT molecular complexity index is 357. The van der Waals surface area contributed by atoms with E-state index in [-0.39, 0.29) is 0 Å². The van der Waals surface area contributed by atoms with E-state index in [0.29, 0.717) is 0 Å². The topological polar surface area (TPSA) is 9.23 Å². The predicted molar refractivity (Wildman–Crippen MR) is 50.9 cm³/mol. The van der Waals surface area contributed by atoms with Crippen LogP contribution in [0.2, 0.25) is 0 Å². The third-order valence-electron chi connectivity index (χ3n) is 1.78. The molecule has 1 nitrogen and oxygen atoms in total. The van der Waals surface area contributed by atoms with E-state index in [9.17, 15) is 26.3 Å². The fraction of sp³-hybridized carbons (Fsp3) is 0.333. The fourth-order valence-corrected chi connectivity index (χ4v) is 1.04. The molecule has 17 heavy (non-hydrogen) atoms. The van der Waals surface area contributed by atoms with Crippen LogP contribution in [0.5, 0.6) is 5.75 Å². The predicted octanol–water partition coefficient (Wildman–Crippen LogP) is 3.82. The van der Waals surface area contributed by atoms with Crippen molar-refractivity contribution in [2.75, 3.05) is 0 Å². The van der Waals surface area contributed by atoms with Crippen molar-refractivity contribution in [2.45, 2.75) is 17.3 Å². The summed E-state index contributed by atoms with van der Waals surface area (Å²) in [4.78, 5) is -4.53. The second kappa shape index (κ2) is 4.32. The molecular weight excluding hydrogens is 270 g/mol. The standard InChI is InChI=1S/C9H6F6OS/c10-8(11,12)7(17,9(13,14)15)16-6-4-2-1-3-5-6/h1-5,17H. The molecule has 8 heteroatoms. The minimum absolute atomic E-state index is 0.572. The lowest BCUT2D eigenvalue weighted by Gasteiger charge is -2.32. The van der Waals surface area contributed by atoms with E-state index < -0.39 is 23.0 Å². The van der Waals surface area contributed by atoms with Gasteiger partial charge in [-0.1, -0.05) is 18.2 Å². The summed E-state index contributed by atoms with van der Waals surface area (Å²) in [6.45, 7) is 0. The molecule has 0 N–H and O–H groups in total. The molecule has 0 radical (unpaired) electrons. The maximum atomic E-state index is 12.4. The number of para-hydroxylation sites is 1. The van der Waals surface area contributed by atoms with Gasteiger partial charge in [0.1, 0.15) is 5.75 Å². The molecule has 0 fully saturated rings. The Balaban J connectivity index is 3.11. The Kier molecular flexibility index (Phi) is 3.56. The van der Waals surface area contributed by atoms with E-state index in [1.165, 1.54) is 18.2 Å². The van der Waals surface area contributed by atoms with Crippen molar-refractivity contribution in [3.05, 3.63) is 30.3 Å². The van der Waals surface area contributed by atoms with Crippen LogP contribution in [0.3, 0.4) is 0 Å². The molecule has 1 aromatic rings. The van der Waals surface area contributed by atoms with Crippen molar-refractivity contribution in [1.82, 2.24) is 0 Å². The molecule has 0 aliphatic carbocycles. The Morgan fingerprint density at radius 2 is 1.24 bits per heavy atom. The van der Waals surface area contributed by atoms with Gasteiger partial charge in [0.05, 0.1) is 0 Å². The average molecular weight is 276 g/mol. The molecule has 0 aliphatic rings. The number of hydrogen-bond acceptors (Lipinski definition) is 2. The van der Waals surface area contributed by atoms with Crippen molar-refractivity contribution in [3.8, 4) is 5.75 Å². The van der Waals surface area contributed by atoms with E-state index in [0.717, 1.165) is 12.1 Å². The molecule has 0 atom stereocenters. The summed E-state index contributed by atoms with van der Waals surface area (Å²) in [7, 11) is 0. The molecule has 0 unspecified atom stereocenters. The van der Waals surface area contributed by atoms with Crippen LogP contribution < -0.4 is 4.74 Å². The normalized spacial score (nSPS) is 13.6. The zero-order chi connectivity index (χ0) is 13.3. The number of rotatable bonds is 2. The summed E-state index contributed by atoms with van der Waals surface area (Å²) in [5.74, 6) is -0.572. The van der Waals surface area contributed by atoms with E-state index in [2.05, 4.69) is 17.4 Å². The molecule has 96 valence electrons. The Morgan fingerprint density at radius 1 is 0.824 bits per heavy atom. The van der Waals surface area contributed by atoms with Gasteiger partial charge in [0.25, 0.3) is 0 Å². The third-order valence-corrected chi connectivity index (χ3v) is 2.38. The van der Waals surface area contributed by atoms with Crippen LogP contribution in [0.25, 0.3) is 0 Å². The molecule has 1 rings (SSSR count). The maximum Gasteiger partial charge on any atom is 0.447 e. The minimum atomic E-state index is -5.69. The first-order valence-corrected chi connectivity index (χ1v) is 4.62. The highest BCUT2D eigenvalue weighted by molar-refractivity contribution is 7.81. The number of hydrogen-bond donors (Lipinski definition) is 1. The largest absolute Gasteiger partial charge is 0.459 e. The van der Waals surface area contributed by atoms with Crippen molar-refractivity contribution in [1.29, 1.82) is 0 Å². The molecule has 0 heterocycles. The quantitative estimate of drug-likeness (QED) is 0.491. The molecule has 1 aromatic carbocycles. The molecule has 0 bridgehead atoms. The molecule has 0 amide bonds. The summed E-state index contributed by atoms with van der Waals surface area (Å²) in [6.07, 6.45) is -11.4. The van der Waals surface area contributed by atoms with Crippen molar-refractivity contribution < 1.29 is 31.1 Å². The van der Waals surface area contributed by atoms with Gasteiger partial charge < -0.3 is 4.74 Å². The number of ether oxygens (including phenoxy) is 1. The summed E-state index contributed by atoms with van der Waals surface area (Å²) in [5, 5.41) is 0. The van der Waals surface area contributed by atoms with E-state index in [1.807, 2.05) is 0 Å². The van der Waals surface area contributed by atoms with E-state index >= 15 is 0 Å². The first-order valence-electron chi connectivity index (χ1n) is 4.18. The second-order valence-electron chi connectivity index (χ2n) is 3.05. The lowest BCUT2D eigenvalue weighted by Crippen LogP contribution is -2.56. The average Bonchev–Trinajstić information content (AvgIpc) is 2.15. The number of thiol groups is 1. The van der Waals surface area contributed by atoms with Crippen molar-refractivity contribution >= 4 is 12.6 Å². The van der Waals surface area contributed by atoms with Crippen LogP contribution in [0.15, 0.2) is 30.3 Å². The van der Waals surface area contributed by atoms with Crippen molar-refractivity contribution in [2.24, 2.45) is 0 Å². The van der Waals surface area contributed by atoms with Crippen LogP contribution in [0.4, 0.5) is 26.3 Å². The van der Waals surface area contributed by atoms with E-state index in [1.54, 1.807) is 0 Å². The minimum Gasteiger partial charge on any atom is -0.459 e. The highest BCUT2D eigenvalue weighted by atomic mass is 32.1. The first-order chi connectivity index (χ1) is 7.58. The molecule has 0 saturated heterocycles. The zero-order valence-electron chi connectivity index (χ0n) is 8.01. The lowest BCUT2D eigenvalue weighted by molar-refractivity contribution is -0.316. The number of halogens is 6. The second-order valence-corrected chi connectivity index (χ2v) is 3.68. The van der Waals surface area contributed by atoms with Gasteiger partial charge in [-0.05, 0) is 12.1 Å². The van der Waals surface area contributed by atoms with Gasteiger partial charge in [0, 0.05) is 0 Å². The molecule has 0 spiro atoms. The van der Waals surface area contributed by atoms with Gasteiger partial charge in [-0.15, -0.1) is 12.6 Å². The van der Waals surface area contributed by atoms with Gasteiger partial charge >= 0.3 is 17.3 Å². The van der Waals surface area contributed by atoms with Crippen LogP contribution >= 0.6 is 12.6 Å². The lowest BCUT2D eigenvalue weighted by atomic mass is 10.3. The highest BCUT2D eigenvalue weighted by Crippen LogP contribution is 2.48. The van der Waals surface area contributed by atoms with Crippen molar-refractivity contribution in [3.63, 3.8) is 0 Å². The SMILES string of the molecule is FC(F)(F)C(S)(Oc1ccccc1)C(F)(F)F. The maximum absolute atomic E-state index is 12.4. The number of benzene rings is 1. The third kappa shape index (κ3) is 2.80. The molecule has 0 aliphatic heterocycles. The monoisotopic (exact) mass is 276 g/mol. The van der Waals surface area contributed by atoms with Gasteiger partial charge in [-0.3, -0.25) is 0 Å². The van der Waals surface area contributed by atoms with Crippen LogP contribution in [0, 0.1) is 0 Å². The molecular formula is C9H6F6OS. The molecule has 0 saturated carbocycles. The summed E-state index contributed by atoms with van der Waals surface area (Å²) in [5.41, 5.74) is 0. The van der Waals surface area contributed by atoms with Gasteiger partial charge in [0.2, 0.25) is 0 Å².